The number of hydrogen-bond donors (Lipinski definition) is 1. The third-order valence-corrected chi connectivity index (χ3v) is 4.65. The van der Waals surface area contributed by atoms with Crippen LogP contribution in [0.3, 0.4) is 0 Å². The number of likely N-dealkylation sites (N-methyl/N-ethyl adjacent to an activating group) is 1. The van der Waals surface area contributed by atoms with Gasteiger partial charge in [-0.2, -0.15) is 0 Å². The Hall–Kier alpha value is -0.900. The summed E-state index contributed by atoms with van der Waals surface area (Å²) >= 11 is 0. The number of piperidine rings is 1. The summed E-state index contributed by atoms with van der Waals surface area (Å²) in [6, 6.07) is 9.32. The molecule has 1 aliphatic heterocycles. The van der Waals surface area contributed by atoms with Crippen molar-refractivity contribution in [3.05, 3.63) is 35.4 Å². The van der Waals surface area contributed by atoms with E-state index in [9.17, 15) is 0 Å². The number of methoxy groups -OCH3 is 1. The third kappa shape index (κ3) is 4.53. The second kappa shape index (κ2) is 7.92. The van der Waals surface area contributed by atoms with Crippen molar-refractivity contribution in [1.29, 1.82) is 0 Å². The van der Waals surface area contributed by atoms with Crippen molar-refractivity contribution >= 4 is 0 Å². The van der Waals surface area contributed by atoms with Crippen LogP contribution in [-0.2, 0) is 4.74 Å². The molecule has 2 rings (SSSR count). The number of ether oxygens (including phenoxy) is 1. The number of rotatable bonds is 6. The molecule has 21 heavy (non-hydrogen) atoms. The zero-order valence-electron chi connectivity index (χ0n) is 13.9. The highest BCUT2D eigenvalue weighted by molar-refractivity contribution is 5.24. The smallest absolute Gasteiger partial charge is 0.0724 e. The zero-order valence-corrected chi connectivity index (χ0v) is 13.9. The summed E-state index contributed by atoms with van der Waals surface area (Å²) in [4.78, 5) is 2.54. The predicted octanol–water partition coefficient (Wildman–Crippen LogP) is 3.00. The van der Waals surface area contributed by atoms with Crippen LogP contribution in [0.4, 0.5) is 0 Å². The molecule has 3 unspecified atom stereocenters. The van der Waals surface area contributed by atoms with E-state index in [0.717, 1.165) is 19.6 Å². The van der Waals surface area contributed by atoms with Gasteiger partial charge >= 0.3 is 0 Å². The van der Waals surface area contributed by atoms with E-state index in [1.54, 1.807) is 0 Å². The number of hydrogen-bond acceptors (Lipinski definition) is 3. The van der Waals surface area contributed by atoms with Crippen LogP contribution < -0.4 is 5.32 Å². The lowest BCUT2D eigenvalue weighted by atomic mass is 9.95. The van der Waals surface area contributed by atoms with Crippen LogP contribution >= 0.6 is 0 Å². The summed E-state index contributed by atoms with van der Waals surface area (Å²) in [7, 11) is 1.84. The highest BCUT2D eigenvalue weighted by Gasteiger charge is 2.27. The Morgan fingerprint density at radius 1 is 1.33 bits per heavy atom. The van der Waals surface area contributed by atoms with Crippen molar-refractivity contribution in [2.75, 3.05) is 33.3 Å². The number of aryl methyl sites for hydroxylation is 1. The summed E-state index contributed by atoms with van der Waals surface area (Å²) in [6.45, 7) is 10.9. The molecule has 1 aliphatic rings. The number of likely N-dealkylation sites (tertiary alicyclic amines) is 1. The van der Waals surface area contributed by atoms with Gasteiger partial charge in [0.1, 0.15) is 0 Å². The van der Waals surface area contributed by atoms with Gasteiger partial charge in [-0.05, 0) is 37.9 Å². The van der Waals surface area contributed by atoms with Crippen LogP contribution in [-0.4, -0.2) is 44.3 Å². The Kier molecular flexibility index (Phi) is 6.22. The van der Waals surface area contributed by atoms with E-state index in [2.05, 4.69) is 55.3 Å². The fourth-order valence-electron chi connectivity index (χ4n) is 3.16. The largest absolute Gasteiger partial charge is 0.380 e. The lowest BCUT2D eigenvalue weighted by Crippen LogP contribution is -2.46. The molecule has 0 bridgehead atoms. The molecule has 0 amide bonds. The minimum atomic E-state index is 0.374. The molecule has 1 heterocycles. The highest BCUT2D eigenvalue weighted by atomic mass is 16.5. The normalized spacial score (nSPS) is 25.0. The second-order valence-corrected chi connectivity index (χ2v) is 6.32. The molecule has 3 nitrogen and oxygen atoms in total. The van der Waals surface area contributed by atoms with Gasteiger partial charge in [0.05, 0.1) is 6.10 Å². The fourth-order valence-corrected chi connectivity index (χ4v) is 3.16. The predicted molar refractivity (Wildman–Crippen MR) is 88.6 cm³/mol. The summed E-state index contributed by atoms with van der Waals surface area (Å²) in [5.41, 5.74) is 2.70. The first-order valence-corrected chi connectivity index (χ1v) is 8.19. The van der Waals surface area contributed by atoms with Crippen LogP contribution in [0.15, 0.2) is 24.3 Å². The lowest BCUT2D eigenvalue weighted by molar-refractivity contribution is -0.00745. The Bertz CT molecular complexity index is 418. The van der Waals surface area contributed by atoms with Gasteiger partial charge in [0.25, 0.3) is 0 Å². The van der Waals surface area contributed by atoms with Gasteiger partial charge in [0.15, 0.2) is 0 Å². The number of nitrogens with one attached hydrogen (secondary N) is 1. The molecule has 0 radical (unpaired) electrons. The second-order valence-electron chi connectivity index (χ2n) is 6.32. The maximum Gasteiger partial charge on any atom is 0.0724 e. The lowest BCUT2D eigenvalue weighted by Gasteiger charge is -2.38. The van der Waals surface area contributed by atoms with Gasteiger partial charge in [-0.3, -0.25) is 4.90 Å². The Morgan fingerprint density at radius 2 is 2.05 bits per heavy atom. The summed E-state index contributed by atoms with van der Waals surface area (Å²) in [5.74, 6) is 0.670. The minimum absolute atomic E-state index is 0.374. The van der Waals surface area contributed by atoms with Crippen molar-refractivity contribution in [2.45, 2.75) is 39.3 Å². The third-order valence-electron chi connectivity index (χ3n) is 4.65. The van der Waals surface area contributed by atoms with Crippen LogP contribution in [0.25, 0.3) is 0 Å². The standard InChI is InChI=1S/C18H30N2O/c1-5-19-17(16-8-6-14(2)7-9-16)12-20-11-10-15(3)18(13-20)21-4/h6-9,15,17-19H,5,10-13H2,1-4H3. The van der Waals surface area contributed by atoms with E-state index in [0.29, 0.717) is 18.1 Å². The molecule has 0 aliphatic carbocycles. The van der Waals surface area contributed by atoms with Crippen molar-refractivity contribution < 1.29 is 4.74 Å². The van der Waals surface area contributed by atoms with E-state index < -0.39 is 0 Å². The van der Waals surface area contributed by atoms with Crippen LogP contribution in [0.2, 0.25) is 0 Å². The molecule has 3 heteroatoms. The molecular weight excluding hydrogens is 260 g/mol. The van der Waals surface area contributed by atoms with Crippen molar-refractivity contribution in [1.82, 2.24) is 10.2 Å². The van der Waals surface area contributed by atoms with Gasteiger partial charge < -0.3 is 10.1 Å². The van der Waals surface area contributed by atoms with Crippen LogP contribution in [0, 0.1) is 12.8 Å². The van der Waals surface area contributed by atoms with E-state index >= 15 is 0 Å². The van der Waals surface area contributed by atoms with E-state index in [-0.39, 0.29) is 0 Å². The zero-order chi connectivity index (χ0) is 15.2. The SMILES string of the molecule is CCNC(CN1CCC(C)C(OC)C1)c1ccc(C)cc1. The molecule has 3 atom stereocenters. The van der Waals surface area contributed by atoms with Gasteiger partial charge in [0, 0.05) is 26.2 Å². The van der Waals surface area contributed by atoms with Crippen LogP contribution in [0.1, 0.15) is 37.4 Å². The molecule has 1 saturated heterocycles. The van der Waals surface area contributed by atoms with Crippen molar-refractivity contribution in [3.8, 4) is 0 Å². The first-order valence-electron chi connectivity index (χ1n) is 8.19. The van der Waals surface area contributed by atoms with Gasteiger partial charge in [-0.25, -0.2) is 0 Å². The van der Waals surface area contributed by atoms with Gasteiger partial charge in [-0.15, -0.1) is 0 Å². The molecular formula is C18H30N2O. The fraction of sp³-hybridized carbons (Fsp3) is 0.667. The van der Waals surface area contributed by atoms with Crippen LogP contribution in [0.5, 0.6) is 0 Å². The molecule has 0 saturated carbocycles. The van der Waals surface area contributed by atoms with Gasteiger partial charge in [0.2, 0.25) is 0 Å². The first kappa shape index (κ1) is 16.5. The molecule has 1 aromatic rings. The Balaban J connectivity index is 2.01. The molecule has 0 spiro atoms. The molecule has 1 aromatic carbocycles. The Morgan fingerprint density at radius 3 is 2.67 bits per heavy atom. The van der Waals surface area contributed by atoms with Crippen molar-refractivity contribution in [3.63, 3.8) is 0 Å². The summed E-state index contributed by atoms with van der Waals surface area (Å²) < 4.78 is 5.63. The molecule has 1 fully saturated rings. The highest BCUT2D eigenvalue weighted by Crippen LogP contribution is 2.22. The van der Waals surface area contributed by atoms with E-state index in [4.69, 9.17) is 4.74 Å². The maximum absolute atomic E-state index is 5.63. The topological polar surface area (TPSA) is 24.5 Å². The van der Waals surface area contributed by atoms with Crippen molar-refractivity contribution in [2.24, 2.45) is 5.92 Å². The average molecular weight is 290 g/mol. The first-order chi connectivity index (χ1) is 10.1. The van der Waals surface area contributed by atoms with Gasteiger partial charge in [-0.1, -0.05) is 43.7 Å². The number of nitrogens with zero attached hydrogens (tertiary/aromatic N) is 1. The maximum atomic E-state index is 5.63. The average Bonchev–Trinajstić information content (AvgIpc) is 2.49. The summed E-state index contributed by atoms with van der Waals surface area (Å²) in [5, 5.41) is 3.63. The molecule has 1 N–H and O–H groups in total. The monoisotopic (exact) mass is 290 g/mol. The molecule has 0 aromatic heterocycles. The Labute approximate surface area is 129 Å². The molecule has 118 valence electrons. The van der Waals surface area contributed by atoms with E-state index in [1.165, 1.54) is 24.1 Å². The summed E-state index contributed by atoms with van der Waals surface area (Å²) in [6.07, 6.45) is 1.60. The number of benzene rings is 1. The van der Waals surface area contributed by atoms with E-state index in [1.807, 2.05) is 7.11 Å². The quantitative estimate of drug-likeness (QED) is 0.871. The minimum Gasteiger partial charge on any atom is -0.380 e.